The minimum Gasteiger partial charge on any atom is -0.496 e. The van der Waals surface area contributed by atoms with Crippen molar-refractivity contribution in [2.24, 2.45) is 0 Å². The molecule has 2 aromatic rings. The highest BCUT2D eigenvalue weighted by atomic mass is 19.1. The summed E-state index contributed by atoms with van der Waals surface area (Å²) in [4.78, 5) is 10.9. The van der Waals surface area contributed by atoms with Crippen molar-refractivity contribution in [2.45, 2.75) is 19.8 Å². The van der Waals surface area contributed by atoms with Crippen LogP contribution in [0.4, 0.5) is 4.39 Å². The summed E-state index contributed by atoms with van der Waals surface area (Å²) >= 11 is 0. The third-order valence-electron chi connectivity index (χ3n) is 2.99. The van der Waals surface area contributed by atoms with Gasteiger partial charge in [-0.2, -0.15) is 5.10 Å². The molecule has 1 aromatic heterocycles. The van der Waals surface area contributed by atoms with Gasteiger partial charge in [-0.15, -0.1) is 0 Å². The normalized spacial score (nSPS) is 10.8. The highest BCUT2D eigenvalue weighted by Gasteiger charge is 2.19. The molecule has 0 saturated heterocycles. The SMILES string of the molecule is COc1cc(F)cc(-c2cc(C(=O)O)[nH]n2)c1C(C)C. The second-order valence-corrected chi connectivity index (χ2v) is 4.70. The number of aromatic nitrogens is 2. The minimum absolute atomic E-state index is 0.0436. The van der Waals surface area contributed by atoms with Gasteiger partial charge in [0.15, 0.2) is 0 Å². The number of nitrogens with one attached hydrogen (secondary N) is 1. The second kappa shape index (κ2) is 5.32. The van der Waals surface area contributed by atoms with Gasteiger partial charge < -0.3 is 9.84 Å². The Morgan fingerprint density at radius 1 is 1.40 bits per heavy atom. The van der Waals surface area contributed by atoms with Crippen LogP contribution < -0.4 is 4.74 Å². The molecule has 0 spiro atoms. The standard InChI is InChI=1S/C14H15FN2O3/c1-7(2)13-9(4-8(15)5-12(13)20-3)10-6-11(14(18)19)17-16-10/h4-7H,1-3H3,(H,16,17)(H,18,19). The van der Waals surface area contributed by atoms with E-state index in [9.17, 15) is 9.18 Å². The van der Waals surface area contributed by atoms with Crippen LogP contribution in [0, 0.1) is 5.82 Å². The molecular weight excluding hydrogens is 263 g/mol. The van der Waals surface area contributed by atoms with E-state index in [1.54, 1.807) is 0 Å². The highest BCUT2D eigenvalue weighted by molar-refractivity contribution is 5.87. The van der Waals surface area contributed by atoms with Gasteiger partial charge in [-0.1, -0.05) is 13.8 Å². The number of aromatic carboxylic acids is 1. The predicted octanol–water partition coefficient (Wildman–Crippen LogP) is 3.05. The van der Waals surface area contributed by atoms with Gasteiger partial charge >= 0.3 is 5.97 Å². The summed E-state index contributed by atoms with van der Waals surface area (Å²) in [6.07, 6.45) is 0. The second-order valence-electron chi connectivity index (χ2n) is 4.70. The predicted molar refractivity (Wildman–Crippen MR) is 71.6 cm³/mol. The molecule has 2 rings (SSSR count). The molecular formula is C14H15FN2O3. The number of hydrogen-bond acceptors (Lipinski definition) is 3. The maximum absolute atomic E-state index is 13.7. The zero-order valence-corrected chi connectivity index (χ0v) is 11.4. The number of ether oxygens (including phenoxy) is 1. The number of aromatic amines is 1. The summed E-state index contributed by atoms with van der Waals surface area (Å²) in [5.74, 6) is -1.07. The van der Waals surface area contributed by atoms with E-state index in [-0.39, 0.29) is 11.6 Å². The summed E-state index contributed by atoms with van der Waals surface area (Å²) < 4.78 is 18.9. The van der Waals surface area contributed by atoms with E-state index in [2.05, 4.69) is 10.2 Å². The first-order chi connectivity index (χ1) is 9.43. The number of benzene rings is 1. The van der Waals surface area contributed by atoms with Crippen molar-refractivity contribution in [2.75, 3.05) is 7.11 Å². The zero-order valence-electron chi connectivity index (χ0n) is 11.4. The average Bonchev–Trinajstić information content (AvgIpc) is 2.86. The van der Waals surface area contributed by atoms with Crippen molar-refractivity contribution in [3.8, 4) is 17.0 Å². The molecule has 0 fully saturated rings. The van der Waals surface area contributed by atoms with Gasteiger partial charge in [-0.05, 0) is 18.1 Å². The molecule has 0 unspecified atom stereocenters. The Kier molecular flexibility index (Phi) is 3.74. The van der Waals surface area contributed by atoms with E-state index in [1.807, 2.05) is 13.8 Å². The van der Waals surface area contributed by atoms with Crippen LogP contribution in [0.5, 0.6) is 5.75 Å². The fourth-order valence-corrected chi connectivity index (χ4v) is 2.14. The fourth-order valence-electron chi connectivity index (χ4n) is 2.14. The van der Waals surface area contributed by atoms with E-state index in [1.165, 1.54) is 25.3 Å². The molecule has 0 atom stereocenters. The maximum Gasteiger partial charge on any atom is 0.353 e. The average molecular weight is 278 g/mol. The van der Waals surface area contributed by atoms with Gasteiger partial charge in [0, 0.05) is 17.2 Å². The van der Waals surface area contributed by atoms with Crippen molar-refractivity contribution in [3.63, 3.8) is 0 Å². The maximum atomic E-state index is 13.7. The number of halogens is 1. The van der Waals surface area contributed by atoms with Crippen molar-refractivity contribution in [3.05, 3.63) is 35.3 Å². The molecule has 0 aliphatic rings. The molecule has 2 N–H and O–H groups in total. The summed E-state index contributed by atoms with van der Waals surface area (Å²) in [5, 5.41) is 15.3. The lowest BCUT2D eigenvalue weighted by Crippen LogP contribution is -1.99. The molecule has 1 aromatic carbocycles. The highest BCUT2D eigenvalue weighted by Crippen LogP contribution is 2.36. The molecule has 0 amide bonds. The number of hydrogen-bond donors (Lipinski definition) is 2. The van der Waals surface area contributed by atoms with Gasteiger partial charge in [0.2, 0.25) is 0 Å². The summed E-state index contributed by atoms with van der Waals surface area (Å²) in [6.45, 7) is 3.90. The molecule has 0 bridgehead atoms. The quantitative estimate of drug-likeness (QED) is 0.901. The summed E-state index contributed by atoms with van der Waals surface area (Å²) in [6, 6.07) is 4.02. The minimum atomic E-state index is -1.11. The lowest BCUT2D eigenvalue weighted by atomic mass is 9.94. The molecule has 5 nitrogen and oxygen atoms in total. The molecule has 0 aliphatic heterocycles. The first-order valence-electron chi connectivity index (χ1n) is 6.10. The van der Waals surface area contributed by atoms with E-state index < -0.39 is 11.8 Å². The Balaban J connectivity index is 2.64. The lowest BCUT2D eigenvalue weighted by Gasteiger charge is -2.16. The zero-order chi connectivity index (χ0) is 14.9. The third-order valence-corrected chi connectivity index (χ3v) is 2.99. The topological polar surface area (TPSA) is 75.2 Å². The molecule has 0 radical (unpaired) electrons. The smallest absolute Gasteiger partial charge is 0.353 e. The third kappa shape index (κ3) is 2.49. The lowest BCUT2D eigenvalue weighted by molar-refractivity contribution is 0.0690. The van der Waals surface area contributed by atoms with E-state index in [0.717, 1.165) is 5.56 Å². The number of methoxy groups -OCH3 is 1. The number of nitrogens with zero attached hydrogens (tertiary/aromatic N) is 1. The molecule has 1 heterocycles. The van der Waals surface area contributed by atoms with Gasteiger partial charge in [0.05, 0.1) is 12.8 Å². The van der Waals surface area contributed by atoms with Crippen LogP contribution in [0.25, 0.3) is 11.3 Å². The van der Waals surface area contributed by atoms with E-state index in [4.69, 9.17) is 9.84 Å². The Hall–Kier alpha value is -2.37. The summed E-state index contributed by atoms with van der Waals surface area (Å²) in [5.41, 5.74) is 1.65. The number of H-pyrrole nitrogens is 1. The van der Waals surface area contributed by atoms with Crippen molar-refractivity contribution in [1.29, 1.82) is 0 Å². The van der Waals surface area contributed by atoms with Crippen LogP contribution in [0.15, 0.2) is 18.2 Å². The van der Waals surface area contributed by atoms with Crippen LogP contribution in [0.2, 0.25) is 0 Å². The first kappa shape index (κ1) is 14.0. The van der Waals surface area contributed by atoms with Gasteiger partial charge in [0.25, 0.3) is 0 Å². The Morgan fingerprint density at radius 2 is 2.10 bits per heavy atom. The number of carboxylic acids is 1. The molecule has 6 heteroatoms. The Labute approximate surface area is 115 Å². The fraction of sp³-hybridized carbons (Fsp3) is 0.286. The Morgan fingerprint density at radius 3 is 2.60 bits per heavy atom. The number of carboxylic acid groups (broad SMARTS) is 1. The Bertz CT molecular complexity index is 650. The van der Waals surface area contributed by atoms with Gasteiger partial charge in [-0.25, -0.2) is 9.18 Å². The van der Waals surface area contributed by atoms with Crippen LogP contribution in [-0.2, 0) is 0 Å². The van der Waals surface area contributed by atoms with Crippen LogP contribution in [0.1, 0.15) is 35.8 Å². The van der Waals surface area contributed by atoms with E-state index in [0.29, 0.717) is 17.0 Å². The van der Waals surface area contributed by atoms with Gasteiger partial charge in [0.1, 0.15) is 17.3 Å². The monoisotopic (exact) mass is 278 g/mol. The van der Waals surface area contributed by atoms with E-state index >= 15 is 0 Å². The first-order valence-corrected chi connectivity index (χ1v) is 6.10. The van der Waals surface area contributed by atoms with Crippen LogP contribution in [-0.4, -0.2) is 28.4 Å². The summed E-state index contributed by atoms with van der Waals surface area (Å²) in [7, 11) is 1.47. The van der Waals surface area contributed by atoms with Crippen molar-refractivity contribution in [1.82, 2.24) is 10.2 Å². The largest absolute Gasteiger partial charge is 0.496 e. The van der Waals surface area contributed by atoms with Crippen molar-refractivity contribution < 1.29 is 19.0 Å². The molecule has 0 aliphatic carbocycles. The van der Waals surface area contributed by atoms with Crippen LogP contribution in [0.3, 0.4) is 0 Å². The van der Waals surface area contributed by atoms with Gasteiger partial charge in [-0.3, -0.25) is 5.10 Å². The van der Waals surface area contributed by atoms with Crippen LogP contribution >= 0.6 is 0 Å². The molecule has 0 saturated carbocycles. The molecule has 20 heavy (non-hydrogen) atoms. The van der Waals surface area contributed by atoms with Crippen molar-refractivity contribution >= 4 is 5.97 Å². The number of rotatable bonds is 4. The molecule has 106 valence electrons. The number of carbonyl (C=O) groups is 1.